The molecule has 0 saturated carbocycles. The van der Waals surface area contributed by atoms with Crippen molar-refractivity contribution >= 4 is 29.2 Å². The molecule has 23 heavy (non-hydrogen) atoms. The topological polar surface area (TPSA) is 49.3 Å². The Morgan fingerprint density at radius 2 is 1.87 bits per heavy atom. The summed E-state index contributed by atoms with van der Waals surface area (Å²) in [6, 6.07) is 11.3. The molecular weight excluding hydrogens is 333 g/mol. The predicted molar refractivity (Wildman–Crippen MR) is 92.7 cm³/mol. The number of fused-ring (bicyclic) bond motifs is 1. The van der Waals surface area contributed by atoms with E-state index >= 15 is 0 Å². The van der Waals surface area contributed by atoms with Crippen molar-refractivity contribution in [2.24, 2.45) is 0 Å². The van der Waals surface area contributed by atoms with Crippen LogP contribution >= 0.6 is 23.2 Å². The number of hydrogen-bond donors (Lipinski definition) is 2. The first-order valence-electron chi connectivity index (χ1n) is 7.50. The zero-order valence-corrected chi connectivity index (χ0v) is 14.2. The van der Waals surface area contributed by atoms with Gasteiger partial charge in [-0.15, -0.1) is 0 Å². The van der Waals surface area contributed by atoms with Crippen molar-refractivity contribution in [3.63, 3.8) is 0 Å². The van der Waals surface area contributed by atoms with Crippen LogP contribution in [0.3, 0.4) is 0 Å². The van der Waals surface area contributed by atoms with Gasteiger partial charge in [-0.2, -0.15) is 0 Å². The van der Waals surface area contributed by atoms with Gasteiger partial charge in [0.2, 0.25) is 0 Å². The minimum atomic E-state index is -0.903. The third-order valence-electron chi connectivity index (χ3n) is 4.52. The van der Waals surface area contributed by atoms with Crippen LogP contribution in [0.1, 0.15) is 51.8 Å². The van der Waals surface area contributed by atoms with Crippen LogP contribution in [0.5, 0.6) is 0 Å². The highest BCUT2D eigenvalue weighted by atomic mass is 35.5. The first kappa shape index (κ1) is 16.3. The van der Waals surface area contributed by atoms with Crippen molar-refractivity contribution in [3.05, 3.63) is 68.7 Å². The molecule has 0 heterocycles. The van der Waals surface area contributed by atoms with Crippen LogP contribution in [0.2, 0.25) is 10.0 Å². The van der Waals surface area contributed by atoms with Crippen LogP contribution in [0.15, 0.2) is 36.4 Å². The van der Waals surface area contributed by atoms with E-state index in [1.807, 2.05) is 31.3 Å². The number of nitrogens with one attached hydrogen (secondary N) is 1. The lowest BCUT2D eigenvalue weighted by atomic mass is 9.76. The number of carbonyl (C=O) groups is 1. The highest BCUT2D eigenvalue weighted by Crippen LogP contribution is 2.42. The molecular formula is C18H17Cl2NO2. The Morgan fingerprint density at radius 1 is 1.09 bits per heavy atom. The summed E-state index contributed by atoms with van der Waals surface area (Å²) in [5, 5.41) is 13.6. The van der Waals surface area contributed by atoms with E-state index in [2.05, 4.69) is 5.32 Å². The minimum absolute atomic E-state index is 0.170. The van der Waals surface area contributed by atoms with Crippen LogP contribution in [0, 0.1) is 0 Å². The first-order valence-corrected chi connectivity index (χ1v) is 8.26. The summed E-state index contributed by atoms with van der Waals surface area (Å²) in [5.74, 6) is -0.702. The number of hydrogen-bond acceptors (Lipinski definition) is 2. The van der Waals surface area contributed by atoms with E-state index in [1.165, 1.54) is 0 Å². The van der Waals surface area contributed by atoms with Gasteiger partial charge in [0.1, 0.15) is 0 Å². The second kappa shape index (κ2) is 6.52. The molecule has 0 amide bonds. The fraction of sp³-hybridized carbons (Fsp3) is 0.278. The Bertz CT molecular complexity index is 761. The summed E-state index contributed by atoms with van der Waals surface area (Å²) < 4.78 is 0. The molecule has 2 aromatic rings. The quantitative estimate of drug-likeness (QED) is 0.830. The maximum Gasteiger partial charge on any atom is 0.335 e. The number of carboxylic acids is 1. The Balaban J connectivity index is 2.08. The van der Waals surface area contributed by atoms with Gasteiger partial charge in [0.25, 0.3) is 0 Å². The molecule has 0 saturated heterocycles. The van der Waals surface area contributed by atoms with E-state index in [0.717, 1.165) is 29.5 Å². The highest BCUT2D eigenvalue weighted by molar-refractivity contribution is 6.42. The normalized spacial score (nSPS) is 20.1. The van der Waals surface area contributed by atoms with Gasteiger partial charge in [-0.3, -0.25) is 0 Å². The largest absolute Gasteiger partial charge is 0.478 e. The van der Waals surface area contributed by atoms with E-state index in [1.54, 1.807) is 12.1 Å². The molecule has 120 valence electrons. The van der Waals surface area contributed by atoms with E-state index in [9.17, 15) is 9.90 Å². The average molecular weight is 350 g/mol. The SMILES string of the molecule is CN[C@H]1CCC(c2ccc(Cl)c(Cl)c2)c2ccc(C(=O)O)cc21. The lowest BCUT2D eigenvalue weighted by Gasteiger charge is -2.32. The van der Waals surface area contributed by atoms with Crippen LogP contribution in [0.4, 0.5) is 0 Å². The Kier molecular flexibility index (Phi) is 4.62. The highest BCUT2D eigenvalue weighted by Gasteiger charge is 2.28. The maximum absolute atomic E-state index is 11.3. The zero-order valence-electron chi connectivity index (χ0n) is 12.6. The van der Waals surface area contributed by atoms with Gasteiger partial charge in [0, 0.05) is 12.0 Å². The summed E-state index contributed by atoms with van der Waals surface area (Å²) in [4.78, 5) is 11.3. The van der Waals surface area contributed by atoms with Crippen molar-refractivity contribution < 1.29 is 9.90 Å². The Labute approximate surface area is 145 Å². The van der Waals surface area contributed by atoms with Crippen molar-refractivity contribution in [2.45, 2.75) is 24.8 Å². The molecule has 3 rings (SSSR count). The van der Waals surface area contributed by atoms with Gasteiger partial charge in [-0.1, -0.05) is 35.3 Å². The second-order valence-corrected chi connectivity index (χ2v) is 6.61. The number of carboxylic acid groups (broad SMARTS) is 1. The van der Waals surface area contributed by atoms with Crippen molar-refractivity contribution in [3.8, 4) is 0 Å². The molecule has 2 aromatic carbocycles. The molecule has 2 atom stereocenters. The molecule has 1 unspecified atom stereocenters. The van der Waals surface area contributed by atoms with E-state index < -0.39 is 5.97 Å². The third-order valence-corrected chi connectivity index (χ3v) is 5.26. The van der Waals surface area contributed by atoms with Gasteiger partial charge in [0.05, 0.1) is 15.6 Å². The molecule has 5 heteroatoms. The number of rotatable bonds is 3. The molecule has 2 N–H and O–H groups in total. The monoisotopic (exact) mass is 349 g/mol. The van der Waals surface area contributed by atoms with Gasteiger partial charge in [-0.25, -0.2) is 4.79 Å². The molecule has 3 nitrogen and oxygen atoms in total. The lowest BCUT2D eigenvalue weighted by molar-refractivity contribution is 0.0696. The van der Waals surface area contributed by atoms with Gasteiger partial charge >= 0.3 is 5.97 Å². The van der Waals surface area contributed by atoms with Crippen LogP contribution in [0.25, 0.3) is 0 Å². The van der Waals surface area contributed by atoms with Crippen molar-refractivity contribution in [1.29, 1.82) is 0 Å². The van der Waals surface area contributed by atoms with Crippen LogP contribution in [-0.2, 0) is 0 Å². The minimum Gasteiger partial charge on any atom is -0.478 e. The van der Waals surface area contributed by atoms with Crippen LogP contribution in [-0.4, -0.2) is 18.1 Å². The fourth-order valence-corrected chi connectivity index (χ4v) is 3.65. The maximum atomic E-state index is 11.3. The fourth-order valence-electron chi connectivity index (χ4n) is 3.35. The average Bonchev–Trinajstić information content (AvgIpc) is 2.55. The summed E-state index contributed by atoms with van der Waals surface area (Å²) in [7, 11) is 1.90. The smallest absolute Gasteiger partial charge is 0.335 e. The predicted octanol–water partition coefficient (Wildman–Crippen LogP) is 4.88. The molecule has 0 spiro atoms. The molecule has 0 fully saturated rings. The summed E-state index contributed by atoms with van der Waals surface area (Å²) in [5.41, 5.74) is 3.63. The Hall–Kier alpha value is -1.55. The molecule has 1 aliphatic carbocycles. The third kappa shape index (κ3) is 3.09. The van der Waals surface area contributed by atoms with E-state index in [-0.39, 0.29) is 12.0 Å². The lowest BCUT2D eigenvalue weighted by Crippen LogP contribution is -2.24. The number of benzene rings is 2. The second-order valence-electron chi connectivity index (χ2n) is 5.79. The van der Waals surface area contributed by atoms with Gasteiger partial charge < -0.3 is 10.4 Å². The van der Waals surface area contributed by atoms with Crippen molar-refractivity contribution in [2.75, 3.05) is 7.05 Å². The summed E-state index contributed by atoms with van der Waals surface area (Å²) in [6.07, 6.45) is 1.92. The molecule has 1 aliphatic rings. The standard InChI is InChI=1S/C18H17Cl2NO2/c1-21-17-7-5-12(10-3-6-15(19)16(20)9-10)13-4-2-11(18(22)23)8-14(13)17/h2-4,6,8-9,12,17,21H,5,7H2,1H3,(H,22,23)/t12?,17-/m0/s1. The molecule has 0 bridgehead atoms. The zero-order chi connectivity index (χ0) is 16.6. The molecule has 0 aromatic heterocycles. The number of halogens is 2. The van der Waals surface area contributed by atoms with Crippen molar-refractivity contribution in [1.82, 2.24) is 5.32 Å². The first-order chi connectivity index (χ1) is 11.0. The Morgan fingerprint density at radius 3 is 2.52 bits per heavy atom. The summed E-state index contributed by atoms with van der Waals surface area (Å²) >= 11 is 12.2. The number of aromatic carboxylic acids is 1. The molecule has 0 aliphatic heterocycles. The van der Waals surface area contributed by atoms with E-state index in [4.69, 9.17) is 23.2 Å². The van der Waals surface area contributed by atoms with Crippen LogP contribution < -0.4 is 5.32 Å². The van der Waals surface area contributed by atoms with Gasteiger partial charge in [0.15, 0.2) is 0 Å². The van der Waals surface area contributed by atoms with E-state index in [0.29, 0.717) is 15.6 Å². The van der Waals surface area contributed by atoms with Gasteiger partial charge in [-0.05, 0) is 60.8 Å². The summed E-state index contributed by atoms with van der Waals surface area (Å²) in [6.45, 7) is 0. The molecule has 0 radical (unpaired) electrons.